The van der Waals surface area contributed by atoms with Crippen molar-refractivity contribution in [2.75, 3.05) is 31.6 Å². The number of alkyl carbamates (subject to hydrolysis) is 2. The summed E-state index contributed by atoms with van der Waals surface area (Å²) in [7, 11) is 0. The molecule has 322 valence electrons. The van der Waals surface area contributed by atoms with E-state index in [4.69, 9.17) is 18.9 Å². The molecule has 4 amide bonds. The molecule has 0 radical (unpaired) electrons. The Morgan fingerprint density at radius 3 is 1.93 bits per heavy atom. The first kappa shape index (κ1) is 46.2. The lowest BCUT2D eigenvalue weighted by Crippen LogP contribution is -2.55. The third-order valence-electron chi connectivity index (χ3n) is 8.67. The minimum atomic E-state index is -4.67. The summed E-state index contributed by atoms with van der Waals surface area (Å²) in [6.07, 6.45) is -8.53. The number of rotatable bonds is 12. The van der Waals surface area contributed by atoms with Gasteiger partial charge >= 0.3 is 24.5 Å². The second-order valence-corrected chi connectivity index (χ2v) is 15.8. The zero-order valence-corrected chi connectivity index (χ0v) is 33.4. The lowest BCUT2D eigenvalue weighted by Gasteiger charge is -2.39. The van der Waals surface area contributed by atoms with E-state index in [1.54, 1.807) is 46.9 Å². The molecule has 3 aromatic rings. The van der Waals surface area contributed by atoms with Gasteiger partial charge in [0.25, 0.3) is 0 Å². The van der Waals surface area contributed by atoms with Crippen LogP contribution in [0.15, 0.2) is 66.7 Å². The fraction of sp³-hybridized carbons (Fsp3) is 0.463. The number of ether oxygens (including phenoxy) is 4. The van der Waals surface area contributed by atoms with Gasteiger partial charge in [-0.1, -0.05) is 30.3 Å². The van der Waals surface area contributed by atoms with Crippen molar-refractivity contribution < 1.29 is 64.5 Å². The quantitative estimate of drug-likeness (QED) is 0.123. The lowest BCUT2D eigenvalue weighted by atomic mass is 9.84. The SMILES string of the molecule is CC(C)(C)OC(=O)N[C@H](C(=O)Nc1cccc(F)c1CC[C@@H]1CN(C(=O)OC(C)(C)C)[C@H](COC(=O)NCC(F)(F)F)CO1)C(c1ccc(F)cc1)c1ccc(F)cc1. The van der Waals surface area contributed by atoms with Crippen molar-refractivity contribution in [1.82, 2.24) is 15.5 Å². The summed E-state index contributed by atoms with van der Waals surface area (Å²) in [5.41, 5.74) is -1.09. The first-order chi connectivity index (χ1) is 27.5. The average Bonchev–Trinajstić information content (AvgIpc) is 3.12. The van der Waals surface area contributed by atoms with Crippen molar-refractivity contribution >= 4 is 29.9 Å². The van der Waals surface area contributed by atoms with E-state index in [1.165, 1.54) is 71.6 Å². The van der Waals surface area contributed by atoms with Gasteiger partial charge in [-0.15, -0.1) is 0 Å². The Morgan fingerprint density at radius 1 is 0.814 bits per heavy atom. The number of morpholine rings is 1. The van der Waals surface area contributed by atoms with E-state index in [1.807, 2.05) is 0 Å². The summed E-state index contributed by atoms with van der Waals surface area (Å²) >= 11 is 0. The van der Waals surface area contributed by atoms with Crippen LogP contribution in [0.25, 0.3) is 0 Å². The number of hydrogen-bond acceptors (Lipinski definition) is 8. The zero-order valence-electron chi connectivity index (χ0n) is 33.4. The van der Waals surface area contributed by atoms with Gasteiger partial charge in [0, 0.05) is 17.2 Å². The molecular weight excluding hydrogens is 790 g/mol. The summed E-state index contributed by atoms with van der Waals surface area (Å²) < 4.78 is 103. The largest absolute Gasteiger partial charge is 0.447 e. The minimum Gasteiger partial charge on any atom is -0.447 e. The first-order valence-electron chi connectivity index (χ1n) is 18.7. The van der Waals surface area contributed by atoms with Gasteiger partial charge < -0.3 is 34.9 Å². The molecule has 18 heteroatoms. The summed E-state index contributed by atoms with van der Waals surface area (Å²) in [4.78, 5) is 53.9. The Bertz CT molecular complexity index is 1870. The van der Waals surface area contributed by atoms with Crippen LogP contribution in [0.4, 0.5) is 46.4 Å². The molecule has 1 aliphatic heterocycles. The van der Waals surface area contributed by atoms with E-state index in [0.717, 1.165) is 0 Å². The van der Waals surface area contributed by atoms with Crippen molar-refractivity contribution in [3.63, 3.8) is 0 Å². The number of anilines is 1. The van der Waals surface area contributed by atoms with Gasteiger partial charge in [-0.05, 0) is 102 Å². The average molecular weight is 839 g/mol. The number of alkyl halides is 3. The highest BCUT2D eigenvalue weighted by atomic mass is 19.4. The predicted molar refractivity (Wildman–Crippen MR) is 203 cm³/mol. The van der Waals surface area contributed by atoms with Crippen LogP contribution in [0.3, 0.4) is 0 Å². The molecule has 0 aromatic heterocycles. The van der Waals surface area contributed by atoms with Crippen molar-refractivity contribution in [3.8, 4) is 0 Å². The van der Waals surface area contributed by atoms with Crippen molar-refractivity contribution in [2.45, 2.75) is 95.9 Å². The van der Waals surface area contributed by atoms with Crippen molar-refractivity contribution in [3.05, 3.63) is 101 Å². The van der Waals surface area contributed by atoms with Crippen LogP contribution in [0.5, 0.6) is 0 Å². The summed E-state index contributed by atoms with van der Waals surface area (Å²) in [5, 5.41) is 6.89. The van der Waals surface area contributed by atoms with Crippen LogP contribution < -0.4 is 16.0 Å². The Labute approximate surface area is 337 Å². The molecule has 4 rings (SSSR count). The maximum Gasteiger partial charge on any atom is 0.410 e. The van der Waals surface area contributed by atoms with Crippen LogP contribution in [-0.4, -0.2) is 91.0 Å². The van der Waals surface area contributed by atoms with Gasteiger partial charge in [0.1, 0.15) is 47.8 Å². The van der Waals surface area contributed by atoms with Crippen LogP contribution >= 0.6 is 0 Å². The number of benzene rings is 3. The third-order valence-corrected chi connectivity index (χ3v) is 8.67. The standard InChI is InChI=1S/C41H48F6N4O8/c1-39(2,3)58-37(54)50-34(33(24-10-14-26(42)15-11-24)25-12-16-27(43)17-13-25)35(52)49-32-9-7-8-31(44)30(32)19-18-29-20-51(38(55)59-40(4,5)6)28(21-56-29)22-57-36(53)48-23-41(45,46)47/h7-17,28-29,33-34H,18-23H2,1-6H3,(H,48,53)(H,49,52)(H,50,54)/t28-,29+,34-/m0/s1. The minimum absolute atomic E-state index is 0.0268. The molecule has 1 aliphatic rings. The van der Waals surface area contributed by atoms with Gasteiger partial charge in [0.15, 0.2) is 0 Å². The number of halogens is 6. The Balaban J connectivity index is 1.58. The van der Waals surface area contributed by atoms with Crippen LogP contribution in [0.1, 0.15) is 70.6 Å². The topological polar surface area (TPSA) is 145 Å². The van der Waals surface area contributed by atoms with E-state index < -0.39 is 96.3 Å². The number of amides is 4. The monoisotopic (exact) mass is 838 g/mol. The molecular formula is C41H48F6N4O8. The maximum absolute atomic E-state index is 15.6. The Hall–Kier alpha value is -5.52. The van der Waals surface area contributed by atoms with Crippen molar-refractivity contribution in [1.29, 1.82) is 0 Å². The molecule has 0 saturated carbocycles. The Morgan fingerprint density at radius 2 is 1.39 bits per heavy atom. The number of nitrogens with one attached hydrogen (secondary N) is 3. The van der Waals surface area contributed by atoms with E-state index in [9.17, 15) is 41.1 Å². The van der Waals surface area contributed by atoms with E-state index in [0.29, 0.717) is 11.1 Å². The van der Waals surface area contributed by atoms with Gasteiger partial charge in [0.2, 0.25) is 5.91 Å². The molecule has 12 nitrogen and oxygen atoms in total. The summed E-state index contributed by atoms with van der Waals surface area (Å²) in [6.45, 7) is 7.25. The number of nitrogens with zero attached hydrogens (tertiary/aromatic N) is 1. The highest BCUT2D eigenvalue weighted by molar-refractivity contribution is 5.98. The van der Waals surface area contributed by atoms with Crippen LogP contribution in [0.2, 0.25) is 0 Å². The van der Waals surface area contributed by atoms with Gasteiger partial charge in [0.05, 0.1) is 25.3 Å². The second-order valence-electron chi connectivity index (χ2n) is 15.8. The molecule has 0 spiro atoms. The molecule has 0 aliphatic carbocycles. The van der Waals surface area contributed by atoms with E-state index >= 15 is 4.39 Å². The van der Waals surface area contributed by atoms with E-state index in [2.05, 4.69) is 10.6 Å². The molecule has 3 atom stereocenters. The molecule has 3 N–H and O–H groups in total. The molecule has 3 aromatic carbocycles. The van der Waals surface area contributed by atoms with Gasteiger partial charge in [-0.3, -0.25) is 9.69 Å². The first-order valence-corrected chi connectivity index (χ1v) is 18.7. The zero-order chi connectivity index (χ0) is 43.7. The number of hydrogen-bond donors (Lipinski definition) is 3. The third kappa shape index (κ3) is 14.7. The fourth-order valence-corrected chi connectivity index (χ4v) is 6.11. The lowest BCUT2D eigenvalue weighted by molar-refractivity contribution is -0.124. The Kier molecular flexibility index (Phi) is 15.3. The van der Waals surface area contributed by atoms with E-state index in [-0.39, 0.29) is 37.2 Å². The highest BCUT2D eigenvalue weighted by Gasteiger charge is 2.38. The van der Waals surface area contributed by atoms with Gasteiger partial charge in [-0.25, -0.2) is 27.6 Å². The normalized spacial score (nSPS) is 16.5. The summed E-state index contributed by atoms with van der Waals surface area (Å²) in [5.74, 6) is -3.69. The smallest absolute Gasteiger partial charge is 0.410 e. The number of carbonyl (C=O) groups excluding carboxylic acids is 4. The predicted octanol–water partition coefficient (Wildman–Crippen LogP) is 7.99. The van der Waals surface area contributed by atoms with Crippen LogP contribution in [-0.2, 0) is 30.2 Å². The highest BCUT2D eigenvalue weighted by Crippen LogP contribution is 2.32. The molecule has 59 heavy (non-hydrogen) atoms. The molecule has 1 heterocycles. The molecule has 1 saturated heterocycles. The molecule has 0 bridgehead atoms. The fourth-order valence-electron chi connectivity index (χ4n) is 6.11. The van der Waals surface area contributed by atoms with Crippen molar-refractivity contribution in [2.24, 2.45) is 0 Å². The second kappa shape index (κ2) is 19.5. The van der Waals surface area contributed by atoms with Crippen LogP contribution in [0, 0.1) is 17.5 Å². The maximum atomic E-state index is 15.6. The number of carbonyl (C=O) groups is 4. The molecule has 1 fully saturated rings. The van der Waals surface area contributed by atoms with Gasteiger partial charge in [-0.2, -0.15) is 13.2 Å². The summed E-state index contributed by atoms with van der Waals surface area (Å²) in [6, 6.07) is 11.9. The molecule has 0 unspecified atom stereocenters.